The predicted molar refractivity (Wildman–Crippen MR) is 97.1 cm³/mol. The first-order valence-electron chi connectivity index (χ1n) is 7.75. The van der Waals surface area contributed by atoms with Crippen LogP contribution in [0.15, 0.2) is 42.5 Å². The van der Waals surface area contributed by atoms with Crippen molar-refractivity contribution in [3.8, 4) is 0 Å². The molecule has 0 heterocycles. The third kappa shape index (κ3) is 5.48. The van der Waals surface area contributed by atoms with E-state index >= 15 is 0 Å². The molecule has 0 fully saturated rings. The van der Waals surface area contributed by atoms with Crippen molar-refractivity contribution in [2.24, 2.45) is 5.92 Å². The normalized spacial score (nSPS) is 10.6. The molecule has 0 saturated carbocycles. The summed E-state index contributed by atoms with van der Waals surface area (Å²) in [4.78, 5) is 24.5. The quantitative estimate of drug-likeness (QED) is 0.649. The fourth-order valence-corrected chi connectivity index (χ4v) is 2.48. The topological polar surface area (TPSA) is 52.6 Å². The lowest BCUT2D eigenvalue weighted by molar-refractivity contribution is 0.0418. The van der Waals surface area contributed by atoms with E-state index in [1.165, 1.54) is 12.1 Å². The van der Waals surface area contributed by atoms with Gasteiger partial charge in [0.25, 0.3) is 0 Å². The molecular weight excluding hydrogens is 363 g/mol. The highest BCUT2D eigenvalue weighted by molar-refractivity contribution is 6.35. The third-order valence-corrected chi connectivity index (χ3v) is 3.88. The average Bonchev–Trinajstić information content (AvgIpc) is 2.58. The molecule has 0 aliphatic rings. The van der Waals surface area contributed by atoms with E-state index in [9.17, 15) is 9.59 Å². The summed E-state index contributed by atoms with van der Waals surface area (Å²) in [6, 6.07) is 11.3. The minimum atomic E-state index is -0.622. The summed E-state index contributed by atoms with van der Waals surface area (Å²) in [6.07, 6.45) is 0. The number of esters is 2. The van der Waals surface area contributed by atoms with Crippen LogP contribution in [0.2, 0.25) is 10.0 Å². The van der Waals surface area contributed by atoms with Crippen molar-refractivity contribution >= 4 is 35.1 Å². The Bertz CT molecular complexity index is 772. The van der Waals surface area contributed by atoms with E-state index in [1.807, 2.05) is 13.8 Å². The highest BCUT2D eigenvalue weighted by Crippen LogP contribution is 2.22. The van der Waals surface area contributed by atoms with Crippen LogP contribution in [-0.4, -0.2) is 18.5 Å². The van der Waals surface area contributed by atoms with Gasteiger partial charge in [-0.3, -0.25) is 0 Å². The van der Waals surface area contributed by atoms with Crippen molar-refractivity contribution in [1.82, 2.24) is 0 Å². The SMILES string of the molecule is CC(C)COC(=O)c1ccccc1C(=O)OCc1ccc(Cl)cc1Cl. The summed E-state index contributed by atoms with van der Waals surface area (Å²) in [5.74, 6) is -0.969. The fourth-order valence-electron chi connectivity index (χ4n) is 2.02. The van der Waals surface area contributed by atoms with Crippen molar-refractivity contribution in [2.45, 2.75) is 20.5 Å². The van der Waals surface area contributed by atoms with Gasteiger partial charge in [-0.2, -0.15) is 0 Å². The molecule has 0 aromatic heterocycles. The highest BCUT2D eigenvalue weighted by atomic mass is 35.5. The van der Waals surface area contributed by atoms with E-state index in [4.69, 9.17) is 32.7 Å². The molecule has 0 aliphatic carbocycles. The first-order chi connectivity index (χ1) is 11.9. The number of hydrogen-bond donors (Lipinski definition) is 0. The first-order valence-corrected chi connectivity index (χ1v) is 8.51. The summed E-state index contributed by atoms with van der Waals surface area (Å²) >= 11 is 11.9. The largest absolute Gasteiger partial charge is 0.462 e. The van der Waals surface area contributed by atoms with Crippen LogP contribution in [0.1, 0.15) is 40.1 Å². The Labute approximate surface area is 156 Å². The zero-order chi connectivity index (χ0) is 18.4. The Balaban J connectivity index is 2.10. The monoisotopic (exact) mass is 380 g/mol. The number of carbonyl (C=O) groups is 2. The summed E-state index contributed by atoms with van der Waals surface area (Å²) in [5, 5.41) is 0.906. The molecule has 0 saturated heterocycles. The molecule has 6 heteroatoms. The van der Waals surface area contributed by atoms with Crippen molar-refractivity contribution in [2.75, 3.05) is 6.61 Å². The van der Waals surface area contributed by atoms with Gasteiger partial charge in [-0.25, -0.2) is 9.59 Å². The van der Waals surface area contributed by atoms with Crippen LogP contribution < -0.4 is 0 Å². The molecule has 2 rings (SSSR count). The molecular formula is C19H18Cl2O4. The zero-order valence-corrected chi connectivity index (χ0v) is 15.4. The van der Waals surface area contributed by atoms with E-state index in [0.29, 0.717) is 15.6 Å². The summed E-state index contributed by atoms with van der Waals surface area (Å²) in [5.41, 5.74) is 0.955. The lowest BCUT2D eigenvalue weighted by atomic mass is 10.1. The van der Waals surface area contributed by atoms with Crippen molar-refractivity contribution in [1.29, 1.82) is 0 Å². The second kappa shape index (κ2) is 8.88. The van der Waals surface area contributed by atoms with E-state index in [2.05, 4.69) is 0 Å². The lowest BCUT2D eigenvalue weighted by Gasteiger charge is -2.11. The highest BCUT2D eigenvalue weighted by Gasteiger charge is 2.19. The van der Waals surface area contributed by atoms with Gasteiger partial charge >= 0.3 is 11.9 Å². The predicted octanol–water partition coefficient (Wildman–Crippen LogP) is 5.16. The van der Waals surface area contributed by atoms with Gasteiger partial charge in [0.1, 0.15) is 6.61 Å². The molecule has 2 aromatic carbocycles. The smallest absolute Gasteiger partial charge is 0.339 e. The Kier molecular flexibility index (Phi) is 6.85. The fraction of sp³-hybridized carbons (Fsp3) is 0.263. The van der Waals surface area contributed by atoms with Gasteiger partial charge in [-0.1, -0.05) is 55.2 Å². The van der Waals surface area contributed by atoms with Crippen LogP contribution in [-0.2, 0) is 16.1 Å². The van der Waals surface area contributed by atoms with Gasteiger partial charge in [0.2, 0.25) is 0 Å². The molecule has 0 spiro atoms. The Morgan fingerprint density at radius 1 is 0.960 bits per heavy atom. The maximum atomic E-state index is 12.4. The van der Waals surface area contributed by atoms with Crippen LogP contribution in [0, 0.1) is 5.92 Å². The molecule has 2 aromatic rings. The standard InChI is InChI=1S/C19H18Cl2O4/c1-12(2)10-24-18(22)15-5-3-4-6-16(15)19(23)25-11-13-7-8-14(20)9-17(13)21/h3-9,12H,10-11H2,1-2H3. The van der Waals surface area contributed by atoms with Crippen molar-refractivity contribution in [3.63, 3.8) is 0 Å². The van der Waals surface area contributed by atoms with Crippen LogP contribution >= 0.6 is 23.2 Å². The maximum absolute atomic E-state index is 12.4. The van der Waals surface area contributed by atoms with Crippen LogP contribution in [0.3, 0.4) is 0 Å². The van der Waals surface area contributed by atoms with Crippen LogP contribution in [0.25, 0.3) is 0 Å². The molecule has 0 unspecified atom stereocenters. The Morgan fingerprint density at radius 2 is 1.56 bits per heavy atom. The van der Waals surface area contributed by atoms with E-state index in [-0.39, 0.29) is 30.3 Å². The van der Waals surface area contributed by atoms with E-state index in [1.54, 1.807) is 30.3 Å². The molecule has 0 atom stereocenters. The number of rotatable bonds is 6. The molecule has 25 heavy (non-hydrogen) atoms. The third-order valence-electron chi connectivity index (χ3n) is 3.29. The van der Waals surface area contributed by atoms with Gasteiger partial charge in [0.05, 0.1) is 17.7 Å². The molecule has 0 bridgehead atoms. The number of ether oxygens (including phenoxy) is 2. The minimum Gasteiger partial charge on any atom is -0.462 e. The Morgan fingerprint density at radius 3 is 2.12 bits per heavy atom. The van der Waals surface area contributed by atoms with Gasteiger partial charge in [-0.05, 0) is 30.2 Å². The Hall–Kier alpha value is -2.04. The number of benzene rings is 2. The van der Waals surface area contributed by atoms with Gasteiger partial charge in [-0.15, -0.1) is 0 Å². The molecule has 0 N–H and O–H groups in total. The number of halogens is 2. The zero-order valence-electron chi connectivity index (χ0n) is 13.9. The second-order valence-corrected chi connectivity index (χ2v) is 6.69. The van der Waals surface area contributed by atoms with Crippen molar-refractivity contribution < 1.29 is 19.1 Å². The van der Waals surface area contributed by atoms with Gasteiger partial charge in [0.15, 0.2) is 0 Å². The van der Waals surface area contributed by atoms with Gasteiger partial charge in [0, 0.05) is 15.6 Å². The molecule has 0 aliphatic heterocycles. The lowest BCUT2D eigenvalue weighted by Crippen LogP contribution is -2.16. The number of carbonyl (C=O) groups excluding carboxylic acids is 2. The van der Waals surface area contributed by atoms with Gasteiger partial charge < -0.3 is 9.47 Å². The maximum Gasteiger partial charge on any atom is 0.339 e. The summed E-state index contributed by atoms with van der Waals surface area (Å²) < 4.78 is 10.5. The first kappa shape index (κ1) is 19.3. The minimum absolute atomic E-state index is 0.0236. The molecule has 0 radical (unpaired) electrons. The van der Waals surface area contributed by atoms with Crippen LogP contribution in [0.4, 0.5) is 0 Å². The van der Waals surface area contributed by atoms with E-state index in [0.717, 1.165) is 0 Å². The summed E-state index contributed by atoms with van der Waals surface area (Å²) in [7, 11) is 0. The summed E-state index contributed by atoms with van der Waals surface area (Å²) in [6.45, 7) is 4.12. The van der Waals surface area contributed by atoms with E-state index < -0.39 is 11.9 Å². The molecule has 132 valence electrons. The number of hydrogen-bond acceptors (Lipinski definition) is 4. The second-order valence-electron chi connectivity index (χ2n) is 5.85. The molecule has 4 nitrogen and oxygen atoms in total. The average molecular weight is 381 g/mol. The molecule has 0 amide bonds. The van der Waals surface area contributed by atoms with Crippen LogP contribution in [0.5, 0.6) is 0 Å². The van der Waals surface area contributed by atoms with Crippen molar-refractivity contribution in [3.05, 3.63) is 69.2 Å².